The molecule has 1 fully saturated rings. The summed E-state index contributed by atoms with van der Waals surface area (Å²) in [4.78, 5) is 13.2. The first-order chi connectivity index (χ1) is 11.3. The summed E-state index contributed by atoms with van der Waals surface area (Å²) in [7, 11) is 0. The lowest BCUT2D eigenvalue weighted by atomic mass is 9.78. The van der Waals surface area contributed by atoms with E-state index in [1.807, 2.05) is 6.08 Å². The van der Waals surface area contributed by atoms with Crippen molar-refractivity contribution in [3.05, 3.63) is 48.6 Å². The second-order valence-electron chi connectivity index (χ2n) is 6.85. The number of carbonyl (C=O) groups excluding carboxylic acids is 1. The average Bonchev–Trinajstić information content (AvgIpc) is 2.57. The highest BCUT2D eigenvalue weighted by molar-refractivity contribution is 7.93. The van der Waals surface area contributed by atoms with Gasteiger partial charge in [0, 0.05) is 19.1 Å². The van der Waals surface area contributed by atoms with Crippen molar-refractivity contribution in [2.45, 2.75) is 37.0 Å². The van der Waals surface area contributed by atoms with Crippen LogP contribution in [0.3, 0.4) is 0 Å². The van der Waals surface area contributed by atoms with Crippen LogP contribution < -0.4 is 5.73 Å². The van der Waals surface area contributed by atoms with Crippen LogP contribution in [0, 0.1) is 5.92 Å². The molecule has 0 aromatic rings. The highest BCUT2D eigenvalue weighted by Crippen LogP contribution is 2.33. The highest BCUT2D eigenvalue weighted by Gasteiger charge is 2.50. The molecule has 1 aliphatic heterocycles. The molecular weight excluding hydrogens is 322 g/mol. The maximum absolute atomic E-state index is 13.2. The Labute approximate surface area is 147 Å². The molecule has 0 radical (unpaired) electrons. The zero-order chi connectivity index (χ0) is 17.8. The van der Waals surface area contributed by atoms with Crippen LogP contribution in [0.5, 0.6) is 0 Å². The van der Waals surface area contributed by atoms with Gasteiger partial charge >= 0.3 is 0 Å². The SMILES string of the molecule is C=C/C=C1/C=CC=CC1(N)C(=O)C(C)(C)[S@@+]([O-])CC1CCOCC1. The van der Waals surface area contributed by atoms with Gasteiger partial charge in [0.15, 0.2) is 4.75 Å². The Hall–Kier alpha value is -1.14. The summed E-state index contributed by atoms with van der Waals surface area (Å²) in [6.07, 6.45) is 12.2. The first kappa shape index (κ1) is 19.2. The molecule has 4 nitrogen and oxygen atoms in total. The standard InChI is InChI=1S/C19H27NO3S/c1-4-7-16-8-5-6-11-19(16,20)17(21)18(2,3)24(22)14-15-9-12-23-13-10-15/h4-8,11,15H,1,9-10,12-14,20H2,2-3H3/b16-7-/t19?,24-/m0/s1. The molecule has 2 rings (SSSR count). The summed E-state index contributed by atoms with van der Waals surface area (Å²) in [5.41, 5.74) is 5.83. The van der Waals surface area contributed by atoms with Gasteiger partial charge < -0.3 is 15.0 Å². The first-order valence-corrected chi connectivity index (χ1v) is 9.63. The summed E-state index contributed by atoms with van der Waals surface area (Å²) in [5.74, 6) is 0.623. The molecule has 1 unspecified atom stereocenters. The van der Waals surface area contributed by atoms with E-state index in [9.17, 15) is 9.35 Å². The molecule has 2 N–H and O–H groups in total. The smallest absolute Gasteiger partial charge is 0.215 e. The van der Waals surface area contributed by atoms with Crippen molar-refractivity contribution in [3.63, 3.8) is 0 Å². The van der Waals surface area contributed by atoms with Gasteiger partial charge in [0.2, 0.25) is 5.78 Å². The molecule has 2 aliphatic rings. The normalized spacial score (nSPS) is 28.1. The number of carbonyl (C=O) groups is 1. The highest BCUT2D eigenvalue weighted by atomic mass is 32.2. The lowest BCUT2D eigenvalue weighted by Gasteiger charge is -2.37. The number of hydrogen-bond donors (Lipinski definition) is 1. The predicted molar refractivity (Wildman–Crippen MR) is 99.1 cm³/mol. The Kier molecular flexibility index (Phi) is 6.26. The van der Waals surface area contributed by atoms with Gasteiger partial charge in [-0.15, -0.1) is 0 Å². The van der Waals surface area contributed by atoms with Crippen LogP contribution in [0.4, 0.5) is 0 Å². The quantitative estimate of drug-likeness (QED) is 0.747. The molecule has 0 aromatic heterocycles. The van der Waals surface area contributed by atoms with Crippen molar-refractivity contribution in [1.29, 1.82) is 0 Å². The summed E-state index contributed by atoms with van der Waals surface area (Å²) < 4.78 is 17.3. The molecule has 5 heteroatoms. The van der Waals surface area contributed by atoms with E-state index in [2.05, 4.69) is 6.58 Å². The van der Waals surface area contributed by atoms with Gasteiger partial charge in [-0.3, -0.25) is 4.79 Å². The van der Waals surface area contributed by atoms with Crippen molar-refractivity contribution < 1.29 is 14.1 Å². The molecular formula is C19H27NO3S. The minimum Gasteiger partial charge on any atom is -0.616 e. The number of ether oxygens (including phenoxy) is 1. The molecule has 24 heavy (non-hydrogen) atoms. The zero-order valence-electron chi connectivity index (χ0n) is 14.5. The molecule has 0 spiro atoms. The molecule has 1 heterocycles. The van der Waals surface area contributed by atoms with Gasteiger partial charge in [0.1, 0.15) is 11.3 Å². The number of rotatable bonds is 6. The third-order valence-electron chi connectivity index (χ3n) is 4.74. The molecule has 2 atom stereocenters. The lowest BCUT2D eigenvalue weighted by Crippen LogP contribution is -2.59. The van der Waals surface area contributed by atoms with E-state index in [1.54, 1.807) is 44.2 Å². The summed E-state index contributed by atoms with van der Waals surface area (Å²) in [6, 6.07) is 0. The van der Waals surface area contributed by atoms with Crippen molar-refractivity contribution in [2.75, 3.05) is 19.0 Å². The fraction of sp³-hybridized carbons (Fsp3) is 0.526. The maximum Gasteiger partial charge on any atom is 0.215 e. The van der Waals surface area contributed by atoms with E-state index in [1.165, 1.54) is 0 Å². The first-order valence-electron chi connectivity index (χ1n) is 8.31. The van der Waals surface area contributed by atoms with Gasteiger partial charge in [-0.1, -0.05) is 43.0 Å². The molecule has 132 valence electrons. The molecule has 1 aliphatic carbocycles. The van der Waals surface area contributed by atoms with Gasteiger partial charge in [-0.25, -0.2) is 0 Å². The molecule has 0 bridgehead atoms. The maximum atomic E-state index is 13.2. The Morgan fingerprint density at radius 3 is 2.79 bits per heavy atom. The van der Waals surface area contributed by atoms with E-state index < -0.39 is 21.5 Å². The Morgan fingerprint density at radius 1 is 1.50 bits per heavy atom. The third kappa shape index (κ3) is 3.91. The van der Waals surface area contributed by atoms with Crippen LogP contribution in [0.15, 0.2) is 48.6 Å². The van der Waals surface area contributed by atoms with Crippen molar-refractivity contribution in [2.24, 2.45) is 11.7 Å². The molecule has 0 saturated carbocycles. The Bertz CT molecular complexity index is 573. The fourth-order valence-corrected chi connectivity index (χ4v) is 4.62. The van der Waals surface area contributed by atoms with Gasteiger partial charge in [0.05, 0.1) is 0 Å². The average molecular weight is 349 g/mol. The van der Waals surface area contributed by atoms with Gasteiger partial charge in [0.25, 0.3) is 0 Å². The molecule has 0 aromatic carbocycles. The topological polar surface area (TPSA) is 75.4 Å². The van der Waals surface area contributed by atoms with E-state index in [4.69, 9.17) is 10.5 Å². The second-order valence-corrected chi connectivity index (χ2v) is 8.90. The largest absolute Gasteiger partial charge is 0.616 e. The second kappa shape index (κ2) is 7.83. The molecule has 1 saturated heterocycles. The molecule has 0 amide bonds. The monoisotopic (exact) mass is 349 g/mol. The van der Waals surface area contributed by atoms with Crippen molar-refractivity contribution >= 4 is 17.0 Å². The number of nitrogens with two attached hydrogens (primary N) is 1. The minimum atomic E-state index is -1.30. The summed E-state index contributed by atoms with van der Waals surface area (Å²) >= 11 is -1.30. The predicted octanol–water partition coefficient (Wildman–Crippen LogP) is 2.45. The third-order valence-corrected chi connectivity index (χ3v) is 6.84. The number of Topliss-reactive ketones (excluding diaryl/α,β-unsaturated/α-hetero) is 1. The Balaban J connectivity index is 2.18. The van der Waals surface area contributed by atoms with E-state index in [0.717, 1.165) is 12.8 Å². The fourth-order valence-electron chi connectivity index (χ4n) is 3.06. The van der Waals surface area contributed by atoms with Crippen molar-refractivity contribution in [1.82, 2.24) is 0 Å². The van der Waals surface area contributed by atoms with Gasteiger partial charge in [-0.05, 0) is 43.4 Å². The van der Waals surface area contributed by atoms with E-state index in [-0.39, 0.29) is 5.78 Å². The van der Waals surface area contributed by atoms with Crippen LogP contribution in [-0.2, 0) is 20.7 Å². The summed E-state index contributed by atoms with van der Waals surface area (Å²) in [6.45, 7) is 8.56. The van der Waals surface area contributed by atoms with Crippen LogP contribution >= 0.6 is 0 Å². The van der Waals surface area contributed by atoms with Crippen LogP contribution in [0.1, 0.15) is 26.7 Å². The van der Waals surface area contributed by atoms with E-state index >= 15 is 0 Å². The number of hydrogen-bond acceptors (Lipinski definition) is 4. The number of allylic oxidation sites excluding steroid dienone is 4. The van der Waals surface area contributed by atoms with E-state index in [0.29, 0.717) is 30.5 Å². The van der Waals surface area contributed by atoms with Crippen LogP contribution in [0.25, 0.3) is 0 Å². The van der Waals surface area contributed by atoms with Gasteiger partial charge in [-0.2, -0.15) is 0 Å². The Morgan fingerprint density at radius 2 is 2.17 bits per heavy atom. The summed E-state index contributed by atoms with van der Waals surface area (Å²) in [5, 5.41) is 0. The van der Waals surface area contributed by atoms with Crippen LogP contribution in [0.2, 0.25) is 0 Å². The number of ketones is 1. The zero-order valence-corrected chi connectivity index (χ0v) is 15.3. The minimum absolute atomic E-state index is 0.228. The lowest BCUT2D eigenvalue weighted by molar-refractivity contribution is -0.123. The van der Waals surface area contributed by atoms with Crippen molar-refractivity contribution in [3.8, 4) is 0 Å². The van der Waals surface area contributed by atoms with Crippen LogP contribution in [-0.4, -0.2) is 39.6 Å².